The van der Waals surface area contributed by atoms with Crippen LogP contribution in [0.4, 0.5) is 0 Å². The van der Waals surface area contributed by atoms with E-state index in [1.165, 1.54) is 0 Å². The Morgan fingerprint density at radius 3 is 2.88 bits per heavy atom. The Morgan fingerprint density at radius 2 is 2.18 bits per heavy atom. The van der Waals surface area contributed by atoms with Crippen molar-refractivity contribution in [2.45, 2.75) is 13.0 Å². The summed E-state index contributed by atoms with van der Waals surface area (Å²) in [5.41, 5.74) is 1.92. The van der Waals surface area contributed by atoms with Crippen molar-refractivity contribution in [1.82, 2.24) is 5.32 Å². The summed E-state index contributed by atoms with van der Waals surface area (Å²) < 4.78 is 0. The summed E-state index contributed by atoms with van der Waals surface area (Å²) in [5.74, 6) is 0.210. The Hall–Kier alpha value is -1.81. The summed E-state index contributed by atoms with van der Waals surface area (Å²) >= 11 is 1.58. The van der Waals surface area contributed by atoms with Gasteiger partial charge in [-0.05, 0) is 40.1 Å². The Labute approximate surface area is 104 Å². The van der Waals surface area contributed by atoms with Crippen molar-refractivity contribution in [1.29, 1.82) is 0 Å². The minimum absolute atomic E-state index is 0.00765. The van der Waals surface area contributed by atoms with Gasteiger partial charge in [0.15, 0.2) is 0 Å². The average Bonchev–Trinajstić information content (AvgIpc) is 2.79. The fraction of sp³-hybridized carbons (Fsp3) is 0.154. The lowest BCUT2D eigenvalue weighted by molar-refractivity contribution is -0.120. The number of nitrogens with one attached hydrogen (secondary N) is 1. The first-order valence-corrected chi connectivity index (χ1v) is 6.24. The van der Waals surface area contributed by atoms with E-state index in [9.17, 15) is 9.90 Å². The van der Waals surface area contributed by atoms with Crippen LogP contribution in [0.2, 0.25) is 0 Å². The summed E-state index contributed by atoms with van der Waals surface area (Å²) in [6, 6.07) is 8.82. The highest BCUT2D eigenvalue weighted by Gasteiger charge is 2.03. The fourth-order valence-electron chi connectivity index (χ4n) is 1.51. The van der Waals surface area contributed by atoms with Crippen LogP contribution in [0.3, 0.4) is 0 Å². The van der Waals surface area contributed by atoms with Crippen molar-refractivity contribution in [2.24, 2.45) is 0 Å². The van der Waals surface area contributed by atoms with Gasteiger partial charge in [0.2, 0.25) is 5.91 Å². The molecule has 0 saturated heterocycles. The van der Waals surface area contributed by atoms with Gasteiger partial charge in [0.05, 0.1) is 6.42 Å². The molecule has 88 valence electrons. The molecule has 0 aliphatic carbocycles. The van der Waals surface area contributed by atoms with Gasteiger partial charge in [0.1, 0.15) is 5.75 Å². The maximum Gasteiger partial charge on any atom is 0.224 e. The zero-order valence-corrected chi connectivity index (χ0v) is 10.0. The second-order valence-corrected chi connectivity index (χ2v) is 4.54. The maximum absolute atomic E-state index is 11.6. The molecule has 1 aromatic carbocycles. The number of carbonyl (C=O) groups excluding carboxylic acids is 1. The van der Waals surface area contributed by atoms with E-state index in [0.29, 0.717) is 13.0 Å². The van der Waals surface area contributed by atoms with E-state index < -0.39 is 0 Å². The normalized spacial score (nSPS) is 10.1. The van der Waals surface area contributed by atoms with Crippen molar-refractivity contribution in [3.05, 3.63) is 52.2 Å². The molecule has 0 unspecified atom stereocenters. The number of rotatable bonds is 4. The number of thiophene rings is 1. The molecule has 2 aromatic rings. The molecule has 3 nitrogen and oxygen atoms in total. The molecule has 0 aliphatic heterocycles. The summed E-state index contributed by atoms with van der Waals surface area (Å²) in [6.45, 7) is 0.442. The van der Waals surface area contributed by atoms with Gasteiger partial charge in [-0.3, -0.25) is 4.79 Å². The topological polar surface area (TPSA) is 49.3 Å². The largest absolute Gasteiger partial charge is 0.508 e. The van der Waals surface area contributed by atoms with E-state index in [-0.39, 0.29) is 11.7 Å². The van der Waals surface area contributed by atoms with Crippen LogP contribution in [-0.4, -0.2) is 11.0 Å². The number of carbonyl (C=O) groups is 1. The highest BCUT2D eigenvalue weighted by Crippen LogP contribution is 2.10. The molecule has 0 aliphatic rings. The van der Waals surface area contributed by atoms with Crippen LogP contribution in [0.25, 0.3) is 0 Å². The van der Waals surface area contributed by atoms with Crippen molar-refractivity contribution in [3.8, 4) is 5.75 Å². The maximum atomic E-state index is 11.6. The van der Waals surface area contributed by atoms with Crippen molar-refractivity contribution in [2.75, 3.05) is 0 Å². The summed E-state index contributed by atoms with van der Waals surface area (Å²) in [6.07, 6.45) is 0.405. The second kappa shape index (κ2) is 5.50. The first-order valence-electron chi connectivity index (χ1n) is 5.30. The first kappa shape index (κ1) is 11.7. The zero-order chi connectivity index (χ0) is 12.1. The smallest absolute Gasteiger partial charge is 0.224 e. The number of amides is 1. The molecule has 4 heteroatoms. The molecule has 1 aromatic heterocycles. The molecule has 0 fully saturated rings. The predicted octanol–water partition coefficient (Wildman–Crippen LogP) is 2.31. The minimum atomic E-state index is -0.00765. The number of benzene rings is 1. The van der Waals surface area contributed by atoms with E-state index >= 15 is 0 Å². The van der Waals surface area contributed by atoms with Crippen LogP contribution in [0, 0.1) is 0 Å². The molecule has 0 atom stereocenters. The fourth-order valence-corrected chi connectivity index (χ4v) is 2.18. The van der Waals surface area contributed by atoms with Crippen molar-refractivity contribution in [3.63, 3.8) is 0 Å². The lowest BCUT2D eigenvalue weighted by Crippen LogP contribution is -2.24. The van der Waals surface area contributed by atoms with Gasteiger partial charge in [-0.25, -0.2) is 0 Å². The van der Waals surface area contributed by atoms with E-state index in [0.717, 1.165) is 11.1 Å². The lowest BCUT2D eigenvalue weighted by Gasteiger charge is -2.04. The quantitative estimate of drug-likeness (QED) is 0.871. The highest BCUT2D eigenvalue weighted by atomic mass is 32.1. The van der Waals surface area contributed by atoms with Gasteiger partial charge in [-0.15, -0.1) is 0 Å². The second-order valence-electron chi connectivity index (χ2n) is 3.76. The molecule has 2 N–H and O–H groups in total. The van der Waals surface area contributed by atoms with E-state index in [2.05, 4.69) is 5.32 Å². The number of hydrogen-bond donors (Lipinski definition) is 2. The Balaban J connectivity index is 1.84. The number of hydrogen-bond acceptors (Lipinski definition) is 3. The SMILES string of the molecule is O=C(Cc1ccsc1)NCc1cccc(O)c1. The Morgan fingerprint density at radius 1 is 1.29 bits per heavy atom. The standard InChI is InChI=1S/C13H13NO2S/c15-12-3-1-2-10(6-12)8-14-13(16)7-11-4-5-17-9-11/h1-6,9,15H,7-8H2,(H,14,16). The van der Waals surface area contributed by atoms with E-state index in [1.54, 1.807) is 29.5 Å². The van der Waals surface area contributed by atoms with Crippen LogP contribution in [0.5, 0.6) is 5.75 Å². The van der Waals surface area contributed by atoms with Crippen LogP contribution < -0.4 is 5.32 Å². The average molecular weight is 247 g/mol. The Kier molecular flexibility index (Phi) is 3.77. The van der Waals surface area contributed by atoms with E-state index in [1.807, 2.05) is 22.9 Å². The van der Waals surface area contributed by atoms with Gasteiger partial charge in [-0.2, -0.15) is 11.3 Å². The van der Waals surface area contributed by atoms with Crippen LogP contribution >= 0.6 is 11.3 Å². The zero-order valence-electron chi connectivity index (χ0n) is 9.22. The molecule has 0 radical (unpaired) electrons. The number of phenols is 1. The van der Waals surface area contributed by atoms with Gasteiger partial charge in [-0.1, -0.05) is 12.1 Å². The van der Waals surface area contributed by atoms with Crippen LogP contribution in [0.1, 0.15) is 11.1 Å². The molecular formula is C13H13NO2S. The van der Waals surface area contributed by atoms with Crippen LogP contribution in [0.15, 0.2) is 41.1 Å². The summed E-state index contributed by atoms with van der Waals surface area (Å²) in [5, 5.41) is 16.0. The monoisotopic (exact) mass is 247 g/mol. The first-order chi connectivity index (χ1) is 8.24. The van der Waals surface area contributed by atoms with Gasteiger partial charge >= 0.3 is 0 Å². The third-order valence-electron chi connectivity index (χ3n) is 2.35. The molecule has 0 spiro atoms. The van der Waals surface area contributed by atoms with Crippen LogP contribution in [-0.2, 0) is 17.8 Å². The molecule has 0 saturated carbocycles. The minimum Gasteiger partial charge on any atom is -0.508 e. The summed E-state index contributed by atoms with van der Waals surface area (Å²) in [4.78, 5) is 11.6. The number of aromatic hydroxyl groups is 1. The molecule has 17 heavy (non-hydrogen) atoms. The summed E-state index contributed by atoms with van der Waals surface area (Å²) in [7, 11) is 0. The lowest BCUT2D eigenvalue weighted by atomic mass is 10.2. The van der Waals surface area contributed by atoms with Gasteiger partial charge in [0, 0.05) is 6.54 Å². The number of phenolic OH excluding ortho intramolecular Hbond substituents is 1. The molecule has 1 heterocycles. The van der Waals surface area contributed by atoms with Gasteiger partial charge < -0.3 is 10.4 Å². The molecule has 2 rings (SSSR count). The van der Waals surface area contributed by atoms with Crippen molar-refractivity contribution >= 4 is 17.2 Å². The predicted molar refractivity (Wildman–Crippen MR) is 68.0 cm³/mol. The van der Waals surface area contributed by atoms with Gasteiger partial charge in [0.25, 0.3) is 0 Å². The molecule has 0 bridgehead atoms. The van der Waals surface area contributed by atoms with Crippen molar-refractivity contribution < 1.29 is 9.90 Å². The molecular weight excluding hydrogens is 234 g/mol. The Bertz CT molecular complexity index is 494. The highest BCUT2D eigenvalue weighted by molar-refractivity contribution is 7.07. The third-order valence-corrected chi connectivity index (χ3v) is 3.08. The third kappa shape index (κ3) is 3.60. The molecule has 1 amide bonds. The van der Waals surface area contributed by atoms with E-state index in [4.69, 9.17) is 0 Å².